The molecule has 0 saturated carbocycles. The largest absolute Gasteiger partial charge is 0.459 e. The van der Waals surface area contributed by atoms with E-state index >= 15 is 0 Å². The molecule has 0 heterocycles. The van der Waals surface area contributed by atoms with E-state index in [1.165, 1.54) is 13.8 Å². The second-order valence-electron chi connectivity index (χ2n) is 6.42. The lowest BCUT2D eigenvalue weighted by Gasteiger charge is -2.39. The van der Waals surface area contributed by atoms with Gasteiger partial charge in [0.15, 0.2) is 0 Å². The van der Waals surface area contributed by atoms with Crippen molar-refractivity contribution in [3.8, 4) is 0 Å². The molecule has 0 aromatic rings. The predicted octanol–water partition coefficient (Wildman–Crippen LogP) is 3.99. The molecule has 0 saturated heterocycles. The number of carbonyl (C=O) groups excluding carboxylic acids is 1. The van der Waals surface area contributed by atoms with Gasteiger partial charge in [-0.05, 0) is 34.1 Å². The van der Waals surface area contributed by atoms with Crippen LogP contribution in [-0.4, -0.2) is 34.6 Å². The number of carbonyl (C=O) groups is 1. The van der Waals surface area contributed by atoms with E-state index in [-0.39, 0.29) is 6.42 Å². The van der Waals surface area contributed by atoms with Gasteiger partial charge in [0.05, 0.1) is 5.41 Å². The van der Waals surface area contributed by atoms with Crippen molar-refractivity contribution >= 4 is 5.97 Å². The maximum absolute atomic E-state index is 12.7. The van der Waals surface area contributed by atoms with Crippen LogP contribution >= 0.6 is 0 Å². The fourth-order valence-electron chi connectivity index (χ4n) is 1.55. The predicted molar refractivity (Wildman–Crippen MR) is 65.9 cm³/mol. The molecule has 0 aliphatic heterocycles. The van der Waals surface area contributed by atoms with Crippen LogP contribution in [0.4, 0.5) is 26.3 Å². The van der Waals surface area contributed by atoms with E-state index in [4.69, 9.17) is 9.84 Å². The number of aliphatic hydroxyl groups is 1. The molecule has 0 aromatic heterocycles. The van der Waals surface area contributed by atoms with Gasteiger partial charge in [0.25, 0.3) is 5.60 Å². The molecule has 3 nitrogen and oxygen atoms in total. The van der Waals surface area contributed by atoms with Gasteiger partial charge >= 0.3 is 18.3 Å². The van der Waals surface area contributed by atoms with E-state index in [1.807, 2.05) is 0 Å². The molecular formula is C13H20F6O3. The molecule has 22 heavy (non-hydrogen) atoms. The van der Waals surface area contributed by atoms with Crippen molar-refractivity contribution in [1.29, 1.82) is 0 Å². The maximum atomic E-state index is 12.7. The van der Waals surface area contributed by atoms with E-state index in [9.17, 15) is 31.1 Å². The Hall–Kier alpha value is -0.990. The van der Waals surface area contributed by atoms with Crippen LogP contribution in [0.25, 0.3) is 0 Å². The van der Waals surface area contributed by atoms with E-state index in [1.54, 1.807) is 6.92 Å². The summed E-state index contributed by atoms with van der Waals surface area (Å²) in [5.74, 6) is -0.938. The molecule has 9 heteroatoms. The Morgan fingerprint density at radius 2 is 1.32 bits per heavy atom. The zero-order valence-corrected chi connectivity index (χ0v) is 12.9. The highest BCUT2D eigenvalue weighted by Gasteiger charge is 2.71. The highest BCUT2D eigenvalue weighted by atomic mass is 19.4. The van der Waals surface area contributed by atoms with Crippen molar-refractivity contribution in [2.45, 2.75) is 71.0 Å². The molecular weight excluding hydrogens is 318 g/mol. The summed E-state index contributed by atoms with van der Waals surface area (Å²) in [6.45, 7) is 6.30. The molecule has 0 aromatic carbocycles. The van der Waals surface area contributed by atoms with E-state index in [0.29, 0.717) is 0 Å². The van der Waals surface area contributed by atoms with Crippen LogP contribution in [0.1, 0.15) is 47.5 Å². The van der Waals surface area contributed by atoms with Crippen LogP contribution in [0.5, 0.6) is 0 Å². The lowest BCUT2D eigenvalue weighted by molar-refractivity contribution is -0.377. The summed E-state index contributed by atoms with van der Waals surface area (Å²) >= 11 is 0. The van der Waals surface area contributed by atoms with E-state index < -0.39 is 41.4 Å². The molecule has 0 amide bonds. The third kappa shape index (κ3) is 4.50. The van der Waals surface area contributed by atoms with Gasteiger partial charge in [-0.25, -0.2) is 0 Å². The Balaban J connectivity index is 5.44. The van der Waals surface area contributed by atoms with Crippen LogP contribution < -0.4 is 0 Å². The van der Waals surface area contributed by atoms with Gasteiger partial charge in [0.2, 0.25) is 0 Å². The number of alkyl halides is 6. The number of hydrogen-bond acceptors (Lipinski definition) is 3. The molecule has 132 valence electrons. The lowest BCUT2D eigenvalue weighted by atomic mass is 9.86. The highest BCUT2D eigenvalue weighted by Crippen LogP contribution is 2.48. The van der Waals surface area contributed by atoms with Crippen molar-refractivity contribution in [3.63, 3.8) is 0 Å². The normalized spacial score (nSPS) is 14.9. The number of hydrogen-bond donors (Lipinski definition) is 1. The quantitative estimate of drug-likeness (QED) is 0.609. The average Bonchev–Trinajstić information content (AvgIpc) is 2.24. The number of halogens is 6. The third-order valence-corrected chi connectivity index (χ3v) is 3.42. The Labute approximate surface area is 124 Å². The van der Waals surface area contributed by atoms with Gasteiger partial charge in [0.1, 0.15) is 5.60 Å². The fraction of sp³-hybridized carbons (Fsp3) is 0.923. The Morgan fingerprint density at radius 1 is 0.955 bits per heavy atom. The standard InChI is InChI=1S/C13H20F6O3/c1-6-9(2,3)8(20)22-10(4,5)7-11(21,12(14,15)16)13(17,18)19/h21H,6-7H2,1-5H3. The molecule has 0 fully saturated rings. The van der Waals surface area contributed by atoms with Crippen LogP contribution in [0.15, 0.2) is 0 Å². The Kier molecular flexibility index (Phi) is 5.63. The molecule has 0 spiro atoms. The van der Waals surface area contributed by atoms with Crippen molar-refractivity contribution in [2.75, 3.05) is 0 Å². The zero-order chi connectivity index (χ0) is 18.2. The first kappa shape index (κ1) is 21.0. The average molecular weight is 338 g/mol. The van der Waals surface area contributed by atoms with Crippen molar-refractivity contribution < 1.29 is 41.0 Å². The molecule has 0 bridgehead atoms. The van der Waals surface area contributed by atoms with Gasteiger partial charge in [0, 0.05) is 6.42 Å². The van der Waals surface area contributed by atoms with Gasteiger partial charge in [-0.3, -0.25) is 4.79 Å². The minimum absolute atomic E-state index is 0.282. The third-order valence-electron chi connectivity index (χ3n) is 3.42. The minimum Gasteiger partial charge on any atom is -0.459 e. The molecule has 0 atom stereocenters. The number of ether oxygens (including phenoxy) is 1. The van der Waals surface area contributed by atoms with Crippen LogP contribution in [0.3, 0.4) is 0 Å². The van der Waals surface area contributed by atoms with Crippen LogP contribution in [0.2, 0.25) is 0 Å². The zero-order valence-electron chi connectivity index (χ0n) is 12.9. The lowest BCUT2D eigenvalue weighted by Crippen LogP contribution is -2.60. The minimum atomic E-state index is -5.95. The Bertz CT molecular complexity index is 395. The van der Waals surface area contributed by atoms with Crippen LogP contribution in [-0.2, 0) is 9.53 Å². The molecule has 0 radical (unpaired) electrons. The molecule has 1 N–H and O–H groups in total. The van der Waals surface area contributed by atoms with Gasteiger partial charge in [-0.2, -0.15) is 26.3 Å². The van der Waals surface area contributed by atoms with Gasteiger partial charge < -0.3 is 9.84 Å². The maximum Gasteiger partial charge on any atom is 0.426 e. The summed E-state index contributed by atoms with van der Waals surface area (Å²) < 4.78 is 80.7. The molecule has 0 aliphatic rings. The van der Waals surface area contributed by atoms with Gasteiger partial charge in [-0.1, -0.05) is 6.92 Å². The first-order valence-electron chi connectivity index (χ1n) is 6.49. The first-order chi connectivity index (χ1) is 9.40. The monoisotopic (exact) mass is 338 g/mol. The van der Waals surface area contributed by atoms with Crippen molar-refractivity contribution in [3.05, 3.63) is 0 Å². The van der Waals surface area contributed by atoms with Crippen molar-refractivity contribution in [1.82, 2.24) is 0 Å². The second-order valence-corrected chi connectivity index (χ2v) is 6.42. The summed E-state index contributed by atoms with van der Waals surface area (Å²) in [5.41, 5.74) is -8.19. The number of rotatable bonds is 5. The summed E-state index contributed by atoms with van der Waals surface area (Å²) in [5, 5.41) is 9.15. The Morgan fingerprint density at radius 3 is 1.59 bits per heavy atom. The summed E-state index contributed by atoms with van der Waals surface area (Å²) in [4.78, 5) is 11.8. The smallest absolute Gasteiger partial charge is 0.426 e. The second kappa shape index (κ2) is 5.90. The fourth-order valence-corrected chi connectivity index (χ4v) is 1.55. The molecule has 0 aliphatic carbocycles. The van der Waals surface area contributed by atoms with E-state index in [0.717, 1.165) is 13.8 Å². The number of esters is 1. The topological polar surface area (TPSA) is 46.5 Å². The SMILES string of the molecule is CCC(C)(C)C(=O)OC(C)(C)CC(O)(C(F)(F)F)C(F)(F)F. The summed E-state index contributed by atoms with van der Waals surface area (Å²) in [6.07, 6.45) is -13.5. The molecule has 0 unspecified atom stereocenters. The van der Waals surface area contributed by atoms with Crippen molar-refractivity contribution in [2.24, 2.45) is 5.41 Å². The molecule has 0 rings (SSSR count). The highest BCUT2D eigenvalue weighted by molar-refractivity contribution is 5.76. The summed E-state index contributed by atoms with van der Waals surface area (Å²) in [7, 11) is 0. The summed E-state index contributed by atoms with van der Waals surface area (Å²) in [6, 6.07) is 0. The first-order valence-corrected chi connectivity index (χ1v) is 6.49. The van der Waals surface area contributed by atoms with Crippen LogP contribution in [0, 0.1) is 5.41 Å². The van der Waals surface area contributed by atoms with Gasteiger partial charge in [-0.15, -0.1) is 0 Å². The van der Waals surface area contributed by atoms with E-state index in [2.05, 4.69) is 0 Å².